The Morgan fingerprint density at radius 2 is 1.90 bits per heavy atom. The van der Waals surface area contributed by atoms with Gasteiger partial charge in [-0.15, -0.1) is 0 Å². The van der Waals surface area contributed by atoms with E-state index in [0.29, 0.717) is 29.1 Å². The number of nitrogen functional groups attached to an aromatic ring is 1. The molecule has 2 aromatic heterocycles. The second-order valence-corrected chi connectivity index (χ2v) is 9.15. The Hall–Kier alpha value is -1.77. The van der Waals surface area contributed by atoms with Gasteiger partial charge in [0.1, 0.15) is 5.82 Å². The smallest absolute Gasteiger partial charge is 0.250 e. The number of likely N-dealkylation sites (tertiary alicyclic amines) is 1. The van der Waals surface area contributed by atoms with Gasteiger partial charge in [-0.1, -0.05) is 11.6 Å². The molecule has 0 amide bonds. The number of piperidine rings is 1. The number of alkyl halides is 2. The number of nitrogens with zero attached hydrogens (tertiary/aromatic N) is 4. The second kappa shape index (κ2) is 7.73. The van der Waals surface area contributed by atoms with Crippen molar-refractivity contribution < 1.29 is 13.5 Å². The molecule has 0 aromatic carbocycles. The van der Waals surface area contributed by atoms with Gasteiger partial charge in [0.05, 0.1) is 36.0 Å². The molecule has 5 rings (SSSR count). The normalized spacial score (nSPS) is 25.5. The van der Waals surface area contributed by atoms with E-state index in [9.17, 15) is 8.78 Å². The van der Waals surface area contributed by atoms with Crippen LogP contribution in [0.5, 0.6) is 0 Å². The SMILES string of the molecule is Nc1ncc(-c2cc(C3CCN(C4COC4)CC3)n(C3CCC(F)(F)C3)n2)cc1Cl. The van der Waals surface area contributed by atoms with Gasteiger partial charge >= 0.3 is 0 Å². The quantitative estimate of drug-likeness (QED) is 0.779. The molecule has 162 valence electrons. The zero-order valence-corrected chi connectivity index (χ0v) is 17.5. The fourth-order valence-electron chi connectivity index (χ4n) is 4.87. The molecule has 1 aliphatic carbocycles. The van der Waals surface area contributed by atoms with Gasteiger partial charge in [0.15, 0.2) is 0 Å². The predicted molar refractivity (Wildman–Crippen MR) is 111 cm³/mol. The summed E-state index contributed by atoms with van der Waals surface area (Å²) in [7, 11) is 0. The van der Waals surface area contributed by atoms with Crippen molar-refractivity contribution in [3.05, 3.63) is 29.0 Å². The van der Waals surface area contributed by atoms with E-state index < -0.39 is 5.92 Å². The Morgan fingerprint density at radius 1 is 1.13 bits per heavy atom. The minimum atomic E-state index is -2.62. The summed E-state index contributed by atoms with van der Waals surface area (Å²) in [6.45, 7) is 3.62. The fraction of sp³-hybridized carbons (Fsp3) is 0.619. The van der Waals surface area contributed by atoms with E-state index in [0.717, 1.165) is 50.4 Å². The van der Waals surface area contributed by atoms with Gasteiger partial charge in [-0.2, -0.15) is 5.10 Å². The molecule has 2 N–H and O–H groups in total. The van der Waals surface area contributed by atoms with Crippen molar-refractivity contribution >= 4 is 17.4 Å². The summed E-state index contributed by atoms with van der Waals surface area (Å²) in [6, 6.07) is 4.03. The molecule has 3 aliphatic rings. The third-order valence-electron chi connectivity index (χ3n) is 6.74. The van der Waals surface area contributed by atoms with Crippen LogP contribution in [0.4, 0.5) is 14.6 Å². The molecule has 2 saturated heterocycles. The van der Waals surface area contributed by atoms with Crippen molar-refractivity contribution in [2.45, 2.75) is 56.0 Å². The number of anilines is 1. The van der Waals surface area contributed by atoms with Gasteiger partial charge in [-0.25, -0.2) is 13.8 Å². The molecule has 2 aromatic rings. The summed E-state index contributed by atoms with van der Waals surface area (Å²) >= 11 is 6.15. The first-order valence-electron chi connectivity index (χ1n) is 10.6. The Morgan fingerprint density at radius 3 is 2.50 bits per heavy atom. The van der Waals surface area contributed by atoms with Crippen LogP contribution in [-0.2, 0) is 4.74 Å². The Bertz CT molecular complexity index is 924. The number of nitrogens with two attached hydrogens (primary N) is 1. The van der Waals surface area contributed by atoms with Gasteiger partial charge in [0.2, 0.25) is 5.92 Å². The number of halogens is 3. The zero-order valence-electron chi connectivity index (χ0n) is 16.7. The highest BCUT2D eigenvalue weighted by atomic mass is 35.5. The van der Waals surface area contributed by atoms with Crippen molar-refractivity contribution in [2.24, 2.45) is 0 Å². The van der Waals surface area contributed by atoms with E-state index in [1.165, 1.54) is 0 Å². The highest BCUT2D eigenvalue weighted by molar-refractivity contribution is 6.33. The lowest BCUT2D eigenvalue weighted by Crippen LogP contribution is -2.51. The van der Waals surface area contributed by atoms with E-state index >= 15 is 0 Å². The topological polar surface area (TPSA) is 69.2 Å². The number of aromatic nitrogens is 3. The van der Waals surface area contributed by atoms with Crippen LogP contribution in [0.15, 0.2) is 18.3 Å². The average molecular weight is 438 g/mol. The largest absolute Gasteiger partial charge is 0.382 e. The zero-order chi connectivity index (χ0) is 20.9. The van der Waals surface area contributed by atoms with E-state index in [1.807, 2.05) is 10.7 Å². The Labute approximate surface area is 179 Å². The van der Waals surface area contributed by atoms with Crippen LogP contribution in [0.3, 0.4) is 0 Å². The van der Waals surface area contributed by atoms with Crippen molar-refractivity contribution in [1.29, 1.82) is 0 Å². The molecule has 30 heavy (non-hydrogen) atoms. The van der Waals surface area contributed by atoms with Crippen LogP contribution in [-0.4, -0.2) is 57.9 Å². The standard InChI is InChI=1S/C21H26ClF2N5O/c22-17-7-14(10-26-20(17)25)18-8-19(29(27-18)15-1-4-21(23,24)9-15)13-2-5-28(6-3-13)16-11-30-12-16/h7-8,10,13,15-16H,1-6,9,11-12H2,(H2,25,26). The van der Waals surface area contributed by atoms with Gasteiger partial charge < -0.3 is 10.5 Å². The maximum Gasteiger partial charge on any atom is 0.250 e. The molecule has 9 heteroatoms. The van der Waals surface area contributed by atoms with E-state index in [2.05, 4.69) is 9.88 Å². The van der Waals surface area contributed by atoms with Gasteiger partial charge in [-0.3, -0.25) is 9.58 Å². The molecule has 0 spiro atoms. The van der Waals surface area contributed by atoms with Crippen LogP contribution in [0.25, 0.3) is 11.3 Å². The summed E-state index contributed by atoms with van der Waals surface area (Å²) in [5.74, 6) is -2.05. The van der Waals surface area contributed by atoms with Crippen LogP contribution in [0.1, 0.15) is 49.8 Å². The second-order valence-electron chi connectivity index (χ2n) is 8.74. The van der Waals surface area contributed by atoms with Gasteiger partial charge in [0, 0.05) is 36.2 Å². The molecule has 3 fully saturated rings. The van der Waals surface area contributed by atoms with Crippen molar-refractivity contribution in [3.63, 3.8) is 0 Å². The van der Waals surface area contributed by atoms with Crippen molar-refractivity contribution in [3.8, 4) is 11.3 Å². The van der Waals surface area contributed by atoms with Crippen molar-refractivity contribution in [1.82, 2.24) is 19.7 Å². The Balaban J connectivity index is 1.44. The fourth-order valence-corrected chi connectivity index (χ4v) is 5.03. The molecule has 1 unspecified atom stereocenters. The number of hydrogen-bond donors (Lipinski definition) is 1. The first-order chi connectivity index (χ1) is 14.4. The molecule has 1 saturated carbocycles. The monoisotopic (exact) mass is 437 g/mol. The lowest BCUT2D eigenvalue weighted by Gasteiger charge is -2.41. The molecule has 0 radical (unpaired) electrons. The Kier molecular flexibility index (Phi) is 5.19. The highest BCUT2D eigenvalue weighted by Crippen LogP contribution is 2.44. The summed E-state index contributed by atoms with van der Waals surface area (Å²) in [4.78, 5) is 6.61. The number of ether oxygens (including phenoxy) is 1. The summed E-state index contributed by atoms with van der Waals surface area (Å²) in [6.07, 6.45) is 3.83. The van der Waals surface area contributed by atoms with Crippen molar-refractivity contribution in [2.75, 3.05) is 32.0 Å². The molecule has 2 aliphatic heterocycles. The van der Waals surface area contributed by atoms with E-state index in [4.69, 9.17) is 27.2 Å². The van der Waals surface area contributed by atoms with E-state index in [1.54, 1.807) is 12.3 Å². The van der Waals surface area contributed by atoms with Gasteiger partial charge in [0.25, 0.3) is 0 Å². The molecule has 0 bridgehead atoms. The molecule has 1 atom stereocenters. The maximum absolute atomic E-state index is 14.0. The van der Waals surface area contributed by atoms with Crippen LogP contribution in [0.2, 0.25) is 5.02 Å². The van der Waals surface area contributed by atoms with Gasteiger partial charge in [-0.05, 0) is 44.5 Å². The third-order valence-corrected chi connectivity index (χ3v) is 7.04. The van der Waals surface area contributed by atoms with E-state index in [-0.39, 0.29) is 24.7 Å². The highest BCUT2D eigenvalue weighted by Gasteiger charge is 2.42. The molecular formula is C21H26ClF2N5O. The lowest BCUT2D eigenvalue weighted by molar-refractivity contribution is -0.0714. The third kappa shape index (κ3) is 3.81. The average Bonchev–Trinajstić information content (AvgIpc) is 3.27. The minimum Gasteiger partial charge on any atom is -0.382 e. The molecular weight excluding hydrogens is 412 g/mol. The summed E-state index contributed by atoms with van der Waals surface area (Å²) in [5.41, 5.74) is 8.25. The summed E-state index contributed by atoms with van der Waals surface area (Å²) in [5, 5.41) is 5.13. The van der Waals surface area contributed by atoms with Crippen LogP contribution in [0, 0.1) is 0 Å². The molecule has 6 nitrogen and oxygen atoms in total. The minimum absolute atomic E-state index is 0.0817. The van der Waals surface area contributed by atoms with Crippen LogP contribution < -0.4 is 5.73 Å². The first-order valence-corrected chi connectivity index (χ1v) is 11.0. The van der Waals surface area contributed by atoms with Crippen LogP contribution >= 0.6 is 11.6 Å². The lowest BCUT2D eigenvalue weighted by atomic mass is 9.91. The summed E-state index contributed by atoms with van der Waals surface area (Å²) < 4.78 is 35.1. The molecule has 4 heterocycles. The predicted octanol–water partition coefficient (Wildman–Crippen LogP) is 4.12. The maximum atomic E-state index is 14.0. The first kappa shape index (κ1) is 20.2. The number of rotatable bonds is 4. The number of hydrogen-bond acceptors (Lipinski definition) is 5. The number of pyridine rings is 1.